The Bertz CT molecular complexity index is 452. The zero-order valence-electron chi connectivity index (χ0n) is 10.5. The largest absolute Gasteiger partial charge is 0.497 e. The molecule has 0 fully saturated rings. The fraction of sp³-hybridized carbons (Fsp3) is 0.385. The summed E-state index contributed by atoms with van der Waals surface area (Å²) in [5, 5.41) is 11.1. The summed E-state index contributed by atoms with van der Waals surface area (Å²) in [6, 6.07) is 7.32. The number of nitrogens with one attached hydrogen (secondary N) is 1. The summed E-state index contributed by atoms with van der Waals surface area (Å²) in [4.78, 5) is 11.4. The van der Waals surface area contributed by atoms with Gasteiger partial charge in [0.15, 0.2) is 0 Å². The fourth-order valence-corrected chi connectivity index (χ4v) is 1.47. The molecule has 0 spiro atoms. The lowest BCUT2D eigenvalue weighted by atomic mass is 10.2. The molecular weight excluding hydrogens is 232 g/mol. The number of hydrogen-bond donors (Lipinski definition) is 1. The second kappa shape index (κ2) is 7.17. The molecule has 0 aliphatic rings. The molecule has 0 bridgehead atoms. The Labute approximate surface area is 106 Å². The fourth-order valence-electron chi connectivity index (χ4n) is 1.47. The maximum atomic E-state index is 11.4. The van der Waals surface area contributed by atoms with E-state index in [9.17, 15) is 4.79 Å². The average molecular weight is 248 g/mol. The molecule has 1 rings (SSSR count). The summed E-state index contributed by atoms with van der Waals surface area (Å²) in [6.07, 6.45) is 0.434. The third-order valence-electron chi connectivity index (χ3n) is 2.43. The van der Waals surface area contributed by atoms with Crippen molar-refractivity contribution in [3.8, 4) is 17.6 Å². The van der Waals surface area contributed by atoms with Crippen LogP contribution in [0.4, 0.5) is 0 Å². The van der Waals surface area contributed by atoms with E-state index in [1.54, 1.807) is 26.4 Å². The van der Waals surface area contributed by atoms with Gasteiger partial charge in [0.05, 0.1) is 20.3 Å². The molecule has 5 heteroatoms. The first-order valence-corrected chi connectivity index (χ1v) is 5.55. The summed E-state index contributed by atoms with van der Waals surface area (Å²) in [7, 11) is 3.15. The molecule has 0 aromatic heterocycles. The standard InChI is InChI=1S/C13H16N2O3/c1-17-11-5-6-12(18-2)10(8-11)9-15-13(16)4-3-7-14/h5-6,8H,3-4,9H2,1-2H3,(H,15,16). The van der Waals surface area contributed by atoms with Crippen LogP contribution in [0, 0.1) is 11.3 Å². The van der Waals surface area contributed by atoms with Crippen molar-refractivity contribution in [3.63, 3.8) is 0 Å². The maximum Gasteiger partial charge on any atom is 0.221 e. The minimum Gasteiger partial charge on any atom is -0.497 e. The second-order valence-corrected chi connectivity index (χ2v) is 3.61. The van der Waals surface area contributed by atoms with E-state index in [0.29, 0.717) is 18.0 Å². The Balaban J connectivity index is 2.65. The maximum absolute atomic E-state index is 11.4. The van der Waals surface area contributed by atoms with Crippen molar-refractivity contribution < 1.29 is 14.3 Å². The van der Waals surface area contributed by atoms with Gasteiger partial charge in [-0.15, -0.1) is 0 Å². The van der Waals surface area contributed by atoms with E-state index in [1.165, 1.54) is 0 Å². The normalized spacial score (nSPS) is 9.39. The summed E-state index contributed by atoms with van der Waals surface area (Å²) >= 11 is 0. The third-order valence-corrected chi connectivity index (χ3v) is 2.43. The number of nitriles is 1. The van der Waals surface area contributed by atoms with E-state index in [-0.39, 0.29) is 18.7 Å². The molecule has 5 nitrogen and oxygen atoms in total. The Hall–Kier alpha value is -2.22. The van der Waals surface area contributed by atoms with Crippen molar-refractivity contribution >= 4 is 5.91 Å². The lowest BCUT2D eigenvalue weighted by molar-refractivity contribution is -0.121. The van der Waals surface area contributed by atoms with E-state index in [1.807, 2.05) is 12.1 Å². The molecule has 0 atom stereocenters. The molecule has 96 valence electrons. The Kier molecular flexibility index (Phi) is 5.52. The van der Waals surface area contributed by atoms with Gasteiger partial charge in [0, 0.05) is 24.9 Å². The lowest BCUT2D eigenvalue weighted by Crippen LogP contribution is -2.22. The molecule has 1 aromatic rings. The number of nitrogens with zero attached hydrogens (tertiary/aromatic N) is 1. The van der Waals surface area contributed by atoms with Crippen molar-refractivity contribution in [2.75, 3.05) is 14.2 Å². The highest BCUT2D eigenvalue weighted by atomic mass is 16.5. The lowest BCUT2D eigenvalue weighted by Gasteiger charge is -2.11. The van der Waals surface area contributed by atoms with E-state index in [2.05, 4.69) is 5.32 Å². The van der Waals surface area contributed by atoms with Gasteiger partial charge in [0.2, 0.25) is 5.91 Å². The number of amides is 1. The number of ether oxygens (including phenoxy) is 2. The Morgan fingerprint density at radius 1 is 1.39 bits per heavy atom. The molecule has 0 saturated carbocycles. The number of methoxy groups -OCH3 is 2. The van der Waals surface area contributed by atoms with Crippen LogP contribution in [0.3, 0.4) is 0 Å². The SMILES string of the molecule is COc1ccc(OC)c(CNC(=O)CCC#N)c1. The smallest absolute Gasteiger partial charge is 0.221 e. The topological polar surface area (TPSA) is 71.3 Å². The van der Waals surface area contributed by atoms with Crippen molar-refractivity contribution in [2.24, 2.45) is 0 Å². The number of benzene rings is 1. The molecule has 0 heterocycles. The predicted molar refractivity (Wildman–Crippen MR) is 66.2 cm³/mol. The summed E-state index contributed by atoms with van der Waals surface area (Å²) in [5.74, 6) is 1.25. The number of carbonyl (C=O) groups excluding carboxylic acids is 1. The van der Waals surface area contributed by atoms with E-state index in [0.717, 1.165) is 5.56 Å². The first-order valence-electron chi connectivity index (χ1n) is 5.55. The van der Waals surface area contributed by atoms with Crippen LogP contribution in [0.15, 0.2) is 18.2 Å². The predicted octanol–water partition coefficient (Wildman–Crippen LogP) is 1.62. The zero-order valence-corrected chi connectivity index (χ0v) is 10.5. The van der Waals surface area contributed by atoms with Crippen LogP contribution in [-0.4, -0.2) is 20.1 Å². The van der Waals surface area contributed by atoms with Gasteiger partial charge in [0.25, 0.3) is 0 Å². The molecule has 1 aromatic carbocycles. The highest BCUT2D eigenvalue weighted by Gasteiger charge is 2.07. The second-order valence-electron chi connectivity index (χ2n) is 3.61. The number of hydrogen-bond acceptors (Lipinski definition) is 4. The molecule has 0 aliphatic carbocycles. The number of rotatable bonds is 6. The summed E-state index contributed by atoms with van der Waals surface area (Å²) in [6.45, 7) is 0.352. The number of carbonyl (C=O) groups is 1. The highest BCUT2D eigenvalue weighted by Crippen LogP contribution is 2.23. The minimum atomic E-state index is -0.151. The molecule has 18 heavy (non-hydrogen) atoms. The molecule has 0 saturated heterocycles. The van der Waals surface area contributed by atoms with Crippen molar-refractivity contribution in [1.29, 1.82) is 5.26 Å². The molecule has 0 aliphatic heterocycles. The van der Waals surface area contributed by atoms with Crippen LogP contribution in [0.5, 0.6) is 11.5 Å². The van der Waals surface area contributed by atoms with Gasteiger partial charge in [0.1, 0.15) is 11.5 Å². The van der Waals surface area contributed by atoms with Gasteiger partial charge in [-0.25, -0.2) is 0 Å². The Morgan fingerprint density at radius 3 is 2.78 bits per heavy atom. The first-order chi connectivity index (χ1) is 8.71. The van der Waals surface area contributed by atoms with Crippen LogP contribution in [0.25, 0.3) is 0 Å². The average Bonchev–Trinajstić information content (AvgIpc) is 2.42. The summed E-state index contributed by atoms with van der Waals surface area (Å²) in [5.41, 5.74) is 0.835. The van der Waals surface area contributed by atoms with Crippen LogP contribution in [0.1, 0.15) is 18.4 Å². The van der Waals surface area contributed by atoms with Gasteiger partial charge in [-0.2, -0.15) is 5.26 Å². The van der Waals surface area contributed by atoms with Gasteiger partial charge < -0.3 is 14.8 Å². The highest BCUT2D eigenvalue weighted by molar-refractivity contribution is 5.76. The van der Waals surface area contributed by atoms with Crippen LogP contribution in [-0.2, 0) is 11.3 Å². The third kappa shape index (κ3) is 3.98. The molecule has 1 amide bonds. The van der Waals surface area contributed by atoms with Crippen molar-refractivity contribution in [2.45, 2.75) is 19.4 Å². The van der Waals surface area contributed by atoms with Gasteiger partial charge in [-0.1, -0.05) is 0 Å². The quantitative estimate of drug-likeness (QED) is 0.830. The van der Waals surface area contributed by atoms with E-state index >= 15 is 0 Å². The Morgan fingerprint density at radius 2 is 2.17 bits per heavy atom. The zero-order chi connectivity index (χ0) is 13.4. The molecule has 0 unspecified atom stereocenters. The van der Waals surface area contributed by atoms with Crippen molar-refractivity contribution in [3.05, 3.63) is 23.8 Å². The van der Waals surface area contributed by atoms with Gasteiger partial charge >= 0.3 is 0 Å². The van der Waals surface area contributed by atoms with E-state index < -0.39 is 0 Å². The molecule has 1 N–H and O–H groups in total. The van der Waals surface area contributed by atoms with Crippen LogP contribution in [0.2, 0.25) is 0 Å². The monoisotopic (exact) mass is 248 g/mol. The minimum absolute atomic E-state index is 0.151. The van der Waals surface area contributed by atoms with E-state index in [4.69, 9.17) is 14.7 Å². The molecule has 0 radical (unpaired) electrons. The van der Waals surface area contributed by atoms with Crippen LogP contribution < -0.4 is 14.8 Å². The first kappa shape index (κ1) is 13.8. The van der Waals surface area contributed by atoms with Gasteiger partial charge in [-0.3, -0.25) is 4.79 Å². The van der Waals surface area contributed by atoms with Crippen molar-refractivity contribution in [1.82, 2.24) is 5.32 Å². The van der Waals surface area contributed by atoms with Gasteiger partial charge in [-0.05, 0) is 18.2 Å². The summed E-state index contributed by atoms with van der Waals surface area (Å²) < 4.78 is 10.3. The molecular formula is C13H16N2O3. The van der Waals surface area contributed by atoms with Crippen LogP contribution >= 0.6 is 0 Å².